The summed E-state index contributed by atoms with van der Waals surface area (Å²) in [7, 11) is -2.07. The number of methoxy groups -OCH3 is 1. The van der Waals surface area contributed by atoms with E-state index in [9.17, 15) is 17.6 Å². The number of nitrogens with one attached hydrogen (secondary N) is 1. The Morgan fingerprint density at radius 1 is 1.15 bits per heavy atom. The van der Waals surface area contributed by atoms with Crippen molar-refractivity contribution in [3.05, 3.63) is 59.9 Å². The zero-order chi connectivity index (χ0) is 19.9. The molecule has 146 valence electrons. The lowest BCUT2D eigenvalue weighted by Crippen LogP contribution is -2.32. The van der Waals surface area contributed by atoms with Gasteiger partial charge in [-0.15, -0.1) is 0 Å². The highest BCUT2D eigenvalue weighted by atomic mass is 32.2. The Hall–Kier alpha value is -2.61. The van der Waals surface area contributed by atoms with Crippen molar-refractivity contribution in [2.45, 2.75) is 19.4 Å². The molecule has 1 amide bonds. The minimum atomic E-state index is -3.54. The van der Waals surface area contributed by atoms with Crippen LogP contribution in [0.1, 0.15) is 18.4 Å². The highest BCUT2D eigenvalue weighted by molar-refractivity contribution is 7.92. The van der Waals surface area contributed by atoms with Crippen molar-refractivity contribution < 1.29 is 22.3 Å². The maximum atomic E-state index is 13.6. The van der Waals surface area contributed by atoms with E-state index in [0.717, 1.165) is 6.26 Å². The predicted octanol–water partition coefficient (Wildman–Crippen LogP) is 2.70. The number of ether oxygens (including phenoxy) is 1. The number of carbonyl (C=O) groups is 1. The summed E-state index contributed by atoms with van der Waals surface area (Å²) in [5, 5.41) is 2.64. The lowest BCUT2D eigenvalue weighted by Gasteiger charge is -2.24. The van der Waals surface area contributed by atoms with Crippen LogP contribution in [0, 0.1) is 5.82 Å². The number of para-hydroxylation sites is 2. The first-order chi connectivity index (χ1) is 12.8. The quantitative estimate of drug-likeness (QED) is 0.710. The average molecular weight is 394 g/mol. The SMILES string of the molecule is COc1ccccc1N(CCCC(=O)NCc1ccccc1F)S(C)(=O)=O. The molecule has 0 aromatic heterocycles. The second-order valence-electron chi connectivity index (χ2n) is 5.98. The van der Waals surface area contributed by atoms with Crippen molar-refractivity contribution in [1.29, 1.82) is 0 Å². The summed E-state index contributed by atoms with van der Waals surface area (Å²) >= 11 is 0. The van der Waals surface area contributed by atoms with Crippen molar-refractivity contribution in [2.24, 2.45) is 0 Å². The molecule has 0 aliphatic rings. The third-order valence-electron chi connectivity index (χ3n) is 3.95. The summed E-state index contributed by atoms with van der Waals surface area (Å²) in [6, 6.07) is 13.0. The van der Waals surface area contributed by atoms with Crippen LogP contribution in [-0.4, -0.2) is 34.2 Å². The Morgan fingerprint density at radius 2 is 1.81 bits per heavy atom. The molecule has 0 spiro atoms. The summed E-state index contributed by atoms with van der Waals surface area (Å²) in [6.45, 7) is 0.222. The second-order valence-corrected chi connectivity index (χ2v) is 7.89. The fraction of sp³-hybridized carbons (Fsp3) is 0.316. The molecule has 0 radical (unpaired) electrons. The molecule has 2 rings (SSSR count). The maximum Gasteiger partial charge on any atom is 0.232 e. The molecule has 2 aromatic rings. The van der Waals surface area contributed by atoms with Crippen LogP contribution >= 0.6 is 0 Å². The molecule has 0 atom stereocenters. The third kappa shape index (κ3) is 5.96. The van der Waals surface area contributed by atoms with Crippen molar-refractivity contribution >= 4 is 21.6 Å². The van der Waals surface area contributed by atoms with E-state index in [1.54, 1.807) is 42.5 Å². The largest absolute Gasteiger partial charge is 0.495 e. The van der Waals surface area contributed by atoms with E-state index in [2.05, 4.69) is 5.32 Å². The van der Waals surface area contributed by atoms with Crippen LogP contribution in [0.5, 0.6) is 5.75 Å². The van der Waals surface area contributed by atoms with Gasteiger partial charge in [-0.2, -0.15) is 0 Å². The van der Waals surface area contributed by atoms with E-state index in [1.165, 1.54) is 17.5 Å². The van der Waals surface area contributed by atoms with Crippen molar-refractivity contribution in [1.82, 2.24) is 5.32 Å². The number of sulfonamides is 1. The summed E-state index contributed by atoms with van der Waals surface area (Å²) in [4.78, 5) is 12.0. The van der Waals surface area contributed by atoms with Gasteiger partial charge in [0.25, 0.3) is 0 Å². The molecule has 0 bridgehead atoms. The van der Waals surface area contributed by atoms with Gasteiger partial charge in [0.15, 0.2) is 0 Å². The zero-order valence-corrected chi connectivity index (χ0v) is 16.1. The normalized spacial score (nSPS) is 11.1. The number of benzene rings is 2. The van der Waals surface area contributed by atoms with Gasteiger partial charge in [-0.1, -0.05) is 30.3 Å². The van der Waals surface area contributed by atoms with Crippen molar-refractivity contribution in [2.75, 3.05) is 24.2 Å². The Kier molecular flexibility index (Phi) is 7.18. The van der Waals surface area contributed by atoms with Gasteiger partial charge in [0, 0.05) is 25.1 Å². The lowest BCUT2D eigenvalue weighted by molar-refractivity contribution is -0.121. The Morgan fingerprint density at radius 3 is 2.48 bits per heavy atom. The smallest absolute Gasteiger partial charge is 0.232 e. The van der Waals surface area contributed by atoms with Crippen LogP contribution in [-0.2, 0) is 21.4 Å². The average Bonchev–Trinajstić information content (AvgIpc) is 2.63. The number of halogens is 1. The number of anilines is 1. The molecular weight excluding hydrogens is 371 g/mol. The van der Waals surface area contributed by atoms with Crippen LogP contribution < -0.4 is 14.4 Å². The monoisotopic (exact) mass is 394 g/mol. The first kappa shape index (κ1) is 20.7. The molecule has 0 heterocycles. The van der Waals surface area contributed by atoms with E-state index in [-0.39, 0.29) is 31.2 Å². The first-order valence-corrected chi connectivity index (χ1v) is 10.3. The number of hydrogen-bond acceptors (Lipinski definition) is 4. The van der Waals surface area contributed by atoms with Gasteiger partial charge in [-0.3, -0.25) is 9.10 Å². The predicted molar refractivity (Wildman–Crippen MR) is 103 cm³/mol. The summed E-state index contributed by atoms with van der Waals surface area (Å²) < 4.78 is 44.3. The van der Waals surface area contributed by atoms with Crippen LogP contribution in [0.15, 0.2) is 48.5 Å². The number of carbonyl (C=O) groups excluding carboxylic acids is 1. The Balaban J connectivity index is 1.94. The van der Waals surface area contributed by atoms with Gasteiger partial charge < -0.3 is 10.1 Å². The van der Waals surface area contributed by atoms with Gasteiger partial charge in [0.05, 0.1) is 19.1 Å². The summed E-state index contributed by atoms with van der Waals surface area (Å²) in [6.07, 6.45) is 1.54. The van der Waals surface area contributed by atoms with E-state index in [1.807, 2.05) is 0 Å². The minimum Gasteiger partial charge on any atom is -0.495 e. The van der Waals surface area contributed by atoms with Crippen molar-refractivity contribution in [3.8, 4) is 5.75 Å². The van der Waals surface area contributed by atoms with Crippen LogP contribution in [0.25, 0.3) is 0 Å². The number of hydrogen-bond donors (Lipinski definition) is 1. The minimum absolute atomic E-state index is 0.0911. The van der Waals surface area contributed by atoms with Gasteiger partial charge in [0.1, 0.15) is 11.6 Å². The molecule has 0 fully saturated rings. The molecule has 0 unspecified atom stereocenters. The lowest BCUT2D eigenvalue weighted by atomic mass is 10.2. The van der Waals surface area contributed by atoms with Crippen LogP contribution in [0.2, 0.25) is 0 Å². The molecule has 27 heavy (non-hydrogen) atoms. The highest BCUT2D eigenvalue weighted by Crippen LogP contribution is 2.29. The fourth-order valence-electron chi connectivity index (χ4n) is 2.61. The van der Waals surface area contributed by atoms with E-state index >= 15 is 0 Å². The highest BCUT2D eigenvalue weighted by Gasteiger charge is 2.20. The molecule has 2 aromatic carbocycles. The Labute approximate surface area is 159 Å². The number of amides is 1. The molecule has 0 aliphatic heterocycles. The molecule has 0 aliphatic carbocycles. The molecule has 0 saturated carbocycles. The molecule has 1 N–H and O–H groups in total. The van der Waals surface area contributed by atoms with Gasteiger partial charge in [-0.25, -0.2) is 12.8 Å². The molecule has 0 saturated heterocycles. The van der Waals surface area contributed by atoms with Crippen LogP contribution in [0.3, 0.4) is 0 Å². The third-order valence-corrected chi connectivity index (χ3v) is 5.13. The zero-order valence-electron chi connectivity index (χ0n) is 15.3. The topological polar surface area (TPSA) is 75.7 Å². The first-order valence-electron chi connectivity index (χ1n) is 8.43. The van der Waals surface area contributed by atoms with Gasteiger partial charge in [-0.05, 0) is 24.6 Å². The van der Waals surface area contributed by atoms with Gasteiger partial charge in [0.2, 0.25) is 15.9 Å². The van der Waals surface area contributed by atoms with Crippen molar-refractivity contribution in [3.63, 3.8) is 0 Å². The fourth-order valence-corrected chi connectivity index (χ4v) is 3.58. The summed E-state index contributed by atoms with van der Waals surface area (Å²) in [5.41, 5.74) is 0.826. The molecule has 6 nitrogen and oxygen atoms in total. The second kappa shape index (κ2) is 9.36. The van der Waals surface area contributed by atoms with E-state index in [0.29, 0.717) is 23.4 Å². The van der Waals surface area contributed by atoms with Gasteiger partial charge >= 0.3 is 0 Å². The maximum absolute atomic E-state index is 13.6. The van der Waals surface area contributed by atoms with E-state index in [4.69, 9.17) is 4.74 Å². The van der Waals surface area contributed by atoms with E-state index < -0.39 is 10.0 Å². The molecular formula is C19H23FN2O4S. The van der Waals surface area contributed by atoms with Crippen LogP contribution in [0.4, 0.5) is 10.1 Å². The summed E-state index contributed by atoms with van der Waals surface area (Å²) in [5.74, 6) is -0.212. The Bertz CT molecular complexity index is 887. The molecule has 8 heteroatoms. The number of rotatable bonds is 9. The number of nitrogens with zero attached hydrogens (tertiary/aromatic N) is 1. The standard InChI is InChI=1S/C19H23FN2O4S/c1-26-18-11-6-5-10-17(18)22(27(2,24)25)13-7-12-19(23)21-14-15-8-3-4-9-16(15)20/h3-6,8-11H,7,12-14H2,1-2H3,(H,21,23).